The Bertz CT molecular complexity index is 591. The largest absolute Gasteiger partial charge is 0.481 e. The topological polar surface area (TPSA) is 66.4 Å². The molecule has 3 rings (SSSR count). The number of halogens is 1. The van der Waals surface area contributed by atoms with E-state index in [1.54, 1.807) is 0 Å². The number of hydrogen-bond donors (Lipinski definition) is 2. The van der Waals surface area contributed by atoms with Gasteiger partial charge in [-0.1, -0.05) is 29.8 Å². The molecule has 2 saturated carbocycles. The molecule has 5 heteroatoms. The van der Waals surface area contributed by atoms with Gasteiger partial charge in [-0.25, -0.2) is 0 Å². The van der Waals surface area contributed by atoms with Crippen molar-refractivity contribution in [3.63, 3.8) is 0 Å². The summed E-state index contributed by atoms with van der Waals surface area (Å²) in [5, 5.41) is 12.7. The number of carboxylic acid groups (broad SMARTS) is 1. The molecule has 21 heavy (non-hydrogen) atoms. The second-order valence-electron chi connectivity index (χ2n) is 6.32. The van der Waals surface area contributed by atoms with Crippen LogP contribution in [0.5, 0.6) is 0 Å². The van der Waals surface area contributed by atoms with Gasteiger partial charge < -0.3 is 10.4 Å². The predicted molar refractivity (Wildman–Crippen MR) is 79.1 cm³/mol. The highest BCUT2D eigenvalue weighted by molar-refractivity contribution is 6.31. The third-order valence-corrected chi connectivity index (χ3v) is 5.09. The van der Waals surface area contributed by atoms with Crippen molar-refractivity contribution in [2.75, 3.05) is 6.54 Å². The van der Waals surface area contributed by atoms with Gasteiger partial charge in [-0.3, -0.25) is 9.59 Å². The van der Waals surface area contributed by atoms with E-state index in [2.05, 4.69) is 5.32 Å². The molecule has 2 fully saturated rings. The van der Waals surface area contributed by atoms with Crippen molar-refractivity contribution in [1.29, 1.82) is 0 Å². The maximum atomic E-state index is 12.4. The summed E-state index contributed by atoms with van der Waals surface area (Å²) >= 11 is 6.15. The zero-order valence-electron chi connectivity index (χ0n) is 11.7. The number of benzene rings is 1. The monoisotopic (exact) mass is 307 g/mol. The van der Waals surface area contributed by atoms with E-state index in [1.807, 2.05) is 24.3 Å². The van der Waals surface area contributed by atoms with Crippen LogP contribution in [0.15, 0.2) is 24.3 Å². The van der Waals surface area contributed by atoms with Crippen LogP contribution in [0.3, 0.4) is 0 Å². The van der Waals surface area contributed by atoms with Gasteiger partial charge in [0.2, 0.25) is 5.91 Å². The van der Waals surface area contributed by atoms with Crippen LogP contribution >= 0.6 is 11.6 Å². The van der Waals surface area contributed by atoms with Gasteiger partial charge in [0.25, 0.3) is 0 Å². The van der Waals surface area contributed by atoms with Crippen molar-refractivity contribution < 1.29 is 14.7 Å². The Kier molecular flexibility index (Phi) is 3.44. The van der Waals surface area contributed by atoms with Crippen LogP contribution in [0.1, 0.15) is 31.2 Å². The number of amides is 1. The Morgan fingerprint density at radius 2 is 1.76 bits per heavy atom. The van der Waals surface area contributed by atoms with Crippen LogP contribution in [-0.2, 0) is 16.0 Å². The molecular weight excluding hydrogens is 290 g/mol. The summed E-state index contributed by atoms with van der Waals surface area (Å²) in [5.41, 5.74) is -0.124. The molecule has 0 saturated heterocycles. The Morgan fingerprint density at radius 3 is 2.29 bits per heavy atom. The SMILES string of the molecule is O=C(O)C1(CNC(=O)C2(Cc3ccccc3Cl)CC2)CC1. The minimum atomic E-state index is -0.807. The average Bonchev–Trinajstić information content (AvgIpc) is 3.34. The highest BCUT2D eigenvalue weighted by Crippen LogP contribution is 2.50. The van der Waals surface area contributed by atoms with Gasteiger partial charge in [-0.2, -0.15) is 0 Å². The van der Waals surface area contributed by atoms with E-state index >= 15 is 0 Å². The van der Waals surface area contributed by atoms with E-state index in [0.717, 1.165) is 18.4 Å². The lowest BCUT2D eigenvalue weighted by Crippen LogP contribution is -2.39. The lowest BCUT2D eigenvalue weighted by molar-refractivity contribution is -0.143. The second kappa shape index (κ2) is 5.02. The Hall–Kier alpha value is -1.55. The minimum Gasteiger partial charge on any atom is -0.481 e. The van der Waals surface area contributed by atoms with Gasteiger partial charge in [0.05, 0.1) is 10.8 Å². The molecular formula is C16H18ClNO3. The molecule has 2 aliphatic carbocycles. The number of nitrogens with one attached hydrogen (secondary N) is 1. The summed E-state index contributed by atoms with van der Waals surface area (Å²) in [7, 11) is 0. The first-order chi connectivity index (χ1) is 9.97. The van der Waals surface area contributed by atoms with Crippen LogP contribution in [-0.4, -0.2) is 23.5 Å². The number of rotatable bonds is 6. The molecule has 0 atom stereocenters. The summed E-state index contributed by atoms with van der Waals surface area (Å²) in [6, 6.07) is 7.55. The van der Waals surface area contributed by atoms with E-state index in [1.165, 1.54) is 0 Å². The molecule has 0 aromatic heterocycles. The van der Waals surface area contributed by atoms with Crippen LogP contribution in [0.4, 0.5) is 0 Å². The third kappa shape index (κ3) is 2.77. The fourth-order valence-electron chi connectivity index (χ4n) is 2.70. The van der Waals surface area contributed by atoms with Gasteiger partial charge in [0.15, 0.2) is 0 Å². The van der Waals surface area contributed by atoms with Gasteiger partial charge in [0, 0.05) is 11.6 Å². The number of carboxylic acids is 1. The molecule has 0 unspecified atom stereocenters. The first kappa shape index (κ1) is 14.4. The number of aliphatic carboxylic acids is 1. The molecule has 4 nitrogen and oxygen atoms in total. The van der Waals surface area contributed by atoms with Crippen LogP contribution in [0.2, 0.25) is 5.02 Å². The molecule has 1 amide bonds. The van der Waals surface area contributed by atoms with Gasteiger partial charge in [-0.05, 0) is 43.7 Å². The van der Waals surface area contributed by atoms with Crippen LogP contribution in [0, 0.1) is 10.8 Å². The zero-order chi connectivity index (χ0) is 15.1. The van der Waals surface area contributed by atoms with E-state index in [9.17, 15) is 9.59 Å². The third-order valence-electron chi connectivity index (χ3n) is 4.72. The van der Waals surface area contributed by atoms with Gasteiger partial charge in [-0.15, -0.1) is 0 Å². The highest BCUT2D eigenvalue weighted by Gasteiger charge is 2.53. The second-order valence-corrected chi connectivity index (χ2v) is 6.72. The summed E-state index contributed by atoms with van der Waals surface area (Å²) in [4.78, 5) is 23.5. The number of carbonyl (C=O) groups is 2. The maximum Gasteiger partial charge on any atom is 0.311 e. The molecule has 2 N–H and O–H groups in total. The lowest BCUT2D eigenvalue weighted by Gasteiger charge is -2.18. The molecule has 1 aromatic rings. The number of carbonyl (C=O) groups excluding carboxylic acids is 1. The predicted octanol–water partition coefficient (Wildman–Crippen LogP) is 2.64. The van der Waals surface area contributed by atoms with Crippen molar-refractivity contribution in [2.45, 2.75) is 32.1 Å². The molecule has 0 radical (unpaired) electrons. The fraction of sp³-hybridized carbons (Fsp3) is 0.500. The quantitative estimate of drug-likeness (QED) is 0.849. The fourth-order valence-corrected chi connectivity index (χ4v) is 2.90. The summed E-state index contributed by atoms with van der Waals surface area (Å²) in [5.74, 6) is -0.839. The first-order valence-electron chi connectivity index (χ1n) is 7.23. The van der Waals surface area contributed by atoms with E-state index in [-0.39, 0.29) is 17.9 Å². The molecule has 0 heterocycles. The Balaban J connectivity index is 1.62. The average molecular weight is 308 g/mol. The Labute approximate surface area is 128 Å². The molecule has 0 spiro atoms. The van der Waals surface area contributed by atoms with Crippen molar-refractivity contribution in [2.24, 2.45) is 10.8 Å². The van der Waals surface area contributed by atoms with E-state index < -0.39 is 11.4 Å². The molecule has 112 valence electrons. The molecule has 0 aliphatic heterocycles. The first-order valence-corrected chi connectivity index (χ1v) is 7.60. The number of hydrogen-bond acceptors (Lipinski definition) is 2. The molecule has 2 aliphatic rings. The minimum absolute atomic E-state index is 0.0325. The van der Waals surface area contributed by atoms with Crippen molar-refractivity contribution >= 4 is 23.5 Å². The maximum absolute atomic E-state index is 12.4. The normalized spacial score (nSPS) is 20.6. The van der Waals surface area contributed by atoms with Crippen molar-refractivity contribution in [3.8, 4) is 0 Å². The van der Waals surface area contributed by atoms with E-state index in [4.69, 9.17) is 16.7 Å². The van der Waals surface area contributed by atoms with Crippen molar-refractivity contribution in [3.05, 3.63) is 34.9 Å². The summed E-state index contributed by atoms with van der Waals surface area (Å²) in [6.07, 6.45) is 3.60. The Morgan fingerprint density at radius 1 is 1.14 bits per heavy atom. The summed E-state index contributed by atoms with van der Waals surface area (Å²) in [6.45, 7) is 0.242. The summed E-state index contributed by atoms with van der Waals surface area (Å²) < 4.78 is 0. The lowest BCUT2D eigenvalue weighted by atomic mass is 9.95. The van der Waals surface area contributed by atoms with Crippen LogP contribution in [0.25, 0.3) is 0 Å². The highest BCUT2D eigenvalue weighted by atomic mass is 35.5. The molecule has 0 bridgehead atoms. The van der Waals surface area contributed by atoms with Crippen molar-refractivity contribution in [1.82, 2.24) is 5.32 Å². The van der Waals surface area contributed by atoms with Gasteiger partial charge in [0.1, 0.15) is 0 Å². The van der Waals surface area contributed by atoms with Crippen LogP contribution < -0.4 is 5.32 Å². The standard InChI is InChI=1S/C16H18ClNO3/c17-12-4-2-1-3-11(12)9-15(5-6-15)13(19)18-10-16(7-8-16)14(20)21/h1-4H,5-10H2,(H,18,19)(H,20,21). The zero-order valence-corrected chi connectivity index (χ0v) is 12.4. The molecule has 1 aromatic carbocycles. The smallest absolute Gasteiger partial charge is 0.311 e. The van der Waals surface area contributed by atoms with Gasteiger partial charge >= 0.3 is 5.97 Å². The van der Waals surface area contributed by atoms with E-state index in [0.29, 0.717) is 24.3 Å².